The maximum Gasteiger partial charge on any atom is 0.253 e. The van der Waals surface area contributed by atoms with Gasteiger partial charge >= 0.3 is 0 Å². The predicted molar refractivity (Wildman–Crippen MR) is 116 cm³/mol. The van der Waals surface area contributed by atoms with Gasteiger partial charge in [-0.25, -0.2) is 4.39 Å². The molecule has 0 saturated carbocycles. The van der Waals surface area contributed by atoms with Gasteiger partial charge in [0.1, 0.15) is 5.82 Å². The summed E-state index contributed by atoms with van der Waals surface area (Å²) < 4.78 is 12.9. The summed E-state index contributed by atoms with van der Waals surface area (Å²) >= 11 is 1.50. The third kappa shape index (κ3) is 6.32. The van der Waals surface area contributed by atoms with Gasteiger partial charge in [0, 0.05) is 30.1 Å². The lowest BCUT2D eigenvalue weighted by molar-refractivity contribution is -0.113. The summed E-state index contributed by atoms with van der Waals surface area (Å²) in [5.41, 5.74) is 2.37. The normalized spacial score (nSPS) is 19.1. The molecule has 1 fully saturated rings. The van der Waals surface area contributed by atoms with E-state index in [1.54, 1.807) is 0 Å². The van der Waals surface area contributed by atoms with Crippen molar-refractivity contribution in [2.75, 3.05) is 24.2 Å². The van der Waals surface area contributed by atoms with Crippen LogP contribution in [0.15, 0.2) is 48.5 Å². The van der Waals surface area contributed by atoms with Crippen LogP contribution in [0.5, 0.6) is 0 Å². The van der Waals surface area contributed by atoms with Crippen molar-refractivity contribution in [2.24, 2.45) is 11.8 Å². The van der Waals surface area contributed by atoms with Crippen LogP contribution in [0.4, 0.5) is 10.1 Å². The molecular weight excluding hydrogens is 387 g/mol. The highest BCUT2D eigenvalue weighted by atomic mass is 32.2. The van der Waals surface area contributed by atoms with Crippen molar-refractivity contribution < 1.29 is 14.0 Å². The van der Waals surface area contributed by atoms with Gasteiger partial charge in [-0.15, -0.1) is 11.8 Å². The van der Waals surface area contributed by atoms with Gasteiger partial charge in [0.05, 0.1) is 5.75 Å². The molecule has 2 amide bonds. The molecule has 2 aromatic rings. The Morgan fingerprint density at radius 3 is 2.28 bits per heavy atom. The molecule has 0 bridgehead atoms. The van der Waals surface area contributed by atoms with E-state index in [0.29, 0.717) is 34.6 Å². The fourth-order valence-electron chi connectivity index (χ4n) is 3.75. The Kier molecular flexibility index (Phi) is 7.31. The molecule has 29 heavy (non-hydrogen) atoms. The van der Waals surface area contributed by atoms with E-state index in [4.69, 9.17) is 0 Å². The molecule has 1 aliphatic rings. The first kappa shape index (κ1) is 21.4. The molecule has 0 spiro atoms. The van der Waals surface area contributed by atoms with Crippen LogP contribution in [-0.4, -0.2) is 35.6 Å². The maximum atomic E-state index is 12.9. The van der Waals surface area contributed by atoms with Gasteiger partial charge in [-0.1, -0.05) is 26.0 Å². The van der Waals surface area contributed by atoms with Crippen LogP contribution in [0.25, 0.3) is 0 Å². The number of nitrogens with one attached hydrogen (secondary N) is 1. The number of halogens is 1. The largest absolute Gasteiger partial charge is 0.338 e. The number of hydrogen-bond donors (Lipinski definition) is 1. The molecule has 0 aliphatic carbocycles. The first-order valence-corrected chi connectivity index (χ1v) is 11.1. The Morgan fingerprint density at radius 1 is 1.03 bits per heavy atom. The number of carbonyl (C=O) groups excluding carboxylic acids is 2. The first-order valence-electron chi connectivity index (χ1n) is 9.92. The van der Waals surface area contributed by atoms with E-state index in [-0.39, 0.29) is 17.6 Å². The molecule has 2 unspecified atom stereocenters. The molecule has 4 nitrogen and oxygen atoms in total. The van der Waals surface area contributed by atoms with E-state index in [9.17, 15) is 14.0 Å². The highest BCUT2D eigenvalue weighted by molar-refractivity contribution is 7.99. The maximum absolute atomic E-state index is 12.9. The molecule has 0 radical (unpaired) electrons. The Morgan fingerprint density at radius 2 is 1.66 bits per heavy atom. The zero-order valence-electron chi connectivity index (χ0n) is 16.9. The molecule has 1 N–H and O–H groups in total. The SMILES string of the molecule is CC1CC(C)CN(C(=O)c2ccc(CSCC(=O)Nc3ccc(F)cc3)cc2)C1. The number of hydrogen-bond acceptors (Lipinski definition) is 3. The minimum absolute atomic E-state index is 0.0984. The molecule has 2 atom stereocenters. The Balaban J connectivity index is 1.46. The number of piperidine rings is 1. The lowest BCUT2D eigenvalue weighted by Crippen LogP contribution is -2.42. The number of anilines is 1. The van der Waals surface area contributed by atoms with Crippen LogP contribution < -0.4 is 5.32 Å². The highest BCUT2D eigenvalue weighted by Gasteiger charge is 2.25. The van der Waals surface area contributed by atoms with Crippen molar-refractivity contribution in [1.82, 2.24) is 4.90 Å². The number of carbonyl (C=O) groups is 2. The quantitative estimate of drug-likeness (QED) is 0.738. The van der Waals surface area contributed by atoms with Crippen LogP contribution >= 0.6 is 11.8 Å². The summed E-state index contributed by atoms with van der Waals surface area (Å²) in [6.07, 6.45) is 1.18. The number of amides is 2. The molecule has 3 rings (SSSR count). The lowest BCUT2D eigenvalue weighted by atomic mass is 9.91. The fourth-order valence-corrected chi connectivity index (χ4v) is 4.53. The van der Waals surface area contributed by atoms with Crippen molar-refractivity contribution in [1.29, 1.82) is 0 Å². The molecule has 1 saturated heterocycles. The average Bonchev–Trinajstić information content (AvgIpc) is 2.69. The van der Waals surface area contributed by atoms with Crippen LogP contribution in [0, 0.1) is 17.7 Å². The molecule has 1 aliphatic heterocycles. The van der Waals surface area contributed by atoms with Crippen molar-refractivity contribution >= 4 is 29.3 Å². The average molecular weight is 415 g/mol. The molecule has 6 heteroatoms. The van der Waals surface area contributed by atoms with E-state index in [1.165, 1.54) is 42.4 Å². The summed E-state index contributed by atoms with van der Waals surface area (Å²) in [6, 6.07) is 13.4. The van der Waals surface area contributed by atoms with Crippen molar-refractivity contribution in [3.63, 3.8) is 0 Å². The van der Waals surface area contributed by atoms with Crippen LogP contribution in [0.2, 0.25) is 0 Å². The number of thioether (sulfide) groups is 1. The van der Waals surface area contributed by atoms with Crippen LogP contribution in [0.1, 0.15) is 36.2 Å². The monoisotopic (exact) mass is 414 g/mol. The van der Waals surface area contributed by atoms with E-state index in [1.807, 2.05) is 29.2 Å². The van der Waals surface area contributed by atoms with Crippen molar-refractivity contribution in [3.8, 4) is 0 Å². The molecule has 1 heterocycles. The zero-order chi connectivity index (χ0) is 20.8. The van der Waals surface area contributed by atoms with Gasteiger partial charge in [-0.05, 0) is 60.2 Å². The van der Waals surface area contributed by atoms with Crippen LogP contribution in [-0.2, 0) is 10.5 Å². The smallest absolute Gasteiger partial charge is 0.253 e. The van der Waals surface area contributed by atoms with Gasteiger partial charge in [0.25, 0.3) is 5.91 Å². The summed E-state index contributed by atoms with van der Waals surface area (Å²) in [5.74, 6) is 1.72. The Bertz CT molecular complexity index is 829. The van der Waals surface area contributed by atoms with E-state index in [0.717, 1.165) is 18.7 Å². The first-order chi connectivity index (χ1) is 13.9. The highest BCUT2D eigenvalue weighted by Crippen LogP contribution is 2.23. The van der Waals surface area contributed by atoms with E-state index >= 15 is 0 Å². The summed E-state index contributed by atoms with van der Waals surface area (Å²) in [5, 5.41) is 2.75. The fraction of sp³-hybridized carbons (Fsp3) is 0.391. The van der Waals surface area contributed by atoms with Crippen LogP contribution in [0.3, 0.4) is 0 Å². The van der Waals surface area contributed by atoms with Gasteiger partial charge in [-0.3, -0.25) is 9.59 Å². The second-order valence-electron chi connectivity index (χ2n) is 7.90. The van der Waals surface area contributed by atoms with Gasteiger partial charge in [0.15, 0.2) is 0 Å². The van der Waals surface area contributed by atoms with Gasteiger partial charge in [-0.2, -0.15) is 0 Å². The number of nitrogens with zero attached hydrogens (tertiary/aromatic N) is 1. The van der Waals surface area contributed by atoms with Gasteiger partial charge in [0.2, 0.25) is 5.91 Å². The predicted octanol–water partition coefficient (Wildman–Crippen LogP) is 4.82. The van der Waals surface area contributed by atoms with Gasteiger partial charge < -0.3 is 10.2 Å². The third-order valence-electron chi connectivity index (χ3n) is 4.99. The second kappa shape index (κ2) is 9.92. The van der Waals surface area contributed by atoms with Crippen molar-refractivity contribution in [2.45, 2.75) is 26.0 Å². The lowest BCUT2D eigenvalue weighted by Gasteiger charge is -2.35. The topological polar surface area (TPSA) is 49.4 Å². The molecule has 0 aromatic heterocycles. The summed E-state index contributed by atoms with van der Waals surface area (Å²) in [4.78, 5) is 26.7. The third-order valence-corrected chi connectivity index (χ3v) is 5.99. The minimum atomic E-state index is -0.330. The molecular formula is C23H27FN2O2S. The second-order valence-corrected chi connectivity index (χ2v) is 8.89. The summed E-state index contributed by atoms with van der Waals surface area (Å²) in [7, 11) is 0. The Labute approximate surface area is 175 Å². The molecule has 154 valence electrons. The summed E-state index contributed by atoms with van der Waals surface area (Å²) in [6.45, 7) is 6.04. The van der Waals surface area contributed by atoms with E-state index in [2.05, 4.69) is 19.2 Å². The van der Waals surface area contributed by atoms with E-state index < -0.39 is 0 Å². The zero-order valence-corrected chi connectivity index (χ0v) is 17.7. The minimum Gasteiger partial charge on any atom is -0.338 e. The number of benzene rings is 2. The molecule has 2 aromatic carbocycles. The standard InChI is InChI=1S/C23H27FN2O2S/c1-16-11-17(2)13-26(12-16)23(28)19-5-3-18(4-6-19)14-29-15-22(27)25-21-9-7-20(24)8-10-21/h3-10,16-17H,11-15H2,1-2H3,(H,25,27). The Hall–Kier alpha value is -2.34. The number of likely N-dealkylation sites (tertiary alicyclic amines) is 1. The number of rotatable bonds is 6. The van der Waals surface area contributed by atoms with Crippen molar-refractivity contribution in [3.05, 3.63) is 65.5 Å².